The van der Waals surface area contributed by atoms with Crippen molar-refractivity contribution in [3.05, 3.63) is 42.9 Å². The summed E-state index contributed by atoms with van der Waals surface area (Å²) in [6.07, 6.45) is 2.89. The van der Waals surface area contributed by atoms with E-state index in [0.29, 0.717) is 31.8 Å². The Morgan fingerprint density at radius 2 is 1.72 bits per heavy atom. The summed E-state index contributed by atoms with van der Waals surface area (Å²) in [5.74, 6) is 0.274. The molecule has 1 fully saturated rings. The van der Waals surface area contributed by atoms with Crippen LogP contribution < -0.4 is 0 Å². The summed E-state index contributed by atoms with van der Waals surface area (Å²) in [5, 5.41) is 5.98. The van der Waals surface area contributed by atoms with E-state index < -0.39 is 5.60 Å². The fourth-order valence-electron chi connectivity index (χ4n) is 3.38. The van der Waals surface area contributed by atoms with Crippen molar-refractivity contribution in [1.82, 2.24) is 29.5 Å². The van der Waals surface area contributed by atoms with Gasteiger partial charge in [-0.3, -0.25) is 4.79 Å². The van der Waals surface area contributed by atoms with Crippen molar-refractivity contribution in [2.75, 3.05) is 31.9 Å². The SMILES string of the molecule is CC(C)(C)OC(=O)N1CCN(C(=O)CSc2ncnc3c2cnn3-c2ccccc2)CC1. The van der Waals surface area contributed by atoms with Gasteiger partial charge in [0.25, 0.3) is 0 Å². The van der Waals surface area contributed by atoms with Crippen LogP contribution in [0.2, 0.25) is 0 Å². The quantitative estimate of drug-likeness (QED) is 0.442. The highest BCUT2D eigenvalue weighted by Gasteiger charge is 2.27. The zero-order valence-electron chi connectivity index (χ0n) is 18.4. The van der Waals surface area contributed by atoms with E-state index in [0.717, 1.165) is 16.1 Å². The fraction of sp³-hybridized carbons (Fsp3) is 0.409. The van der Waals surface area contributed by atoms with Crippen molar-refractivity contribution in [2.45, 2.75) is 31.4 Å². The number of hydrogen-bond acceptors (Lipinski definition) is 7. The zero-order chi connectivity index (χ0) is 22.7. The molecule has 0 radical (unpaired) electrons. The summed E-state index contributed by atoms with van der Waals surface area (Å²) in [5.41, 5.74) is 1.08. The van der Waals surface area contributed by atoms with Crippen LogP contribution in [0.15, 0.2) is 47.9 Å². The van der Waals surface area contributed by atoms with Crippen LogP contribution in [0.3, 0.4) is 0 Å². The highest BCUT2D eigenvalue weighted by atomic mass is 32.2. The number of hydrogen-bond donors (Lipinski definition) is 0. The van der Waals surface area contributed by atoms with E-state index in [1.54, 1.807) is 20.7 Å². The monoisotopic (exact) mass is 454 g/mol. The normalized spacial score (nSPS) is 14.6. The van der Waals surface area contributed by atoms with Gasteiger partial charge in [-0.2, -0.15) is 5.10 Å². The molecule has 0 unspecified atom stereocenters. The predicted molar refractivity (Wildman–Crippen MR) is 122 cm³/mol. The average Bonchev–Trinajstić information content (AvgIpc) is 3.22. The number of fused-ring (bicyclic) bond motifs is 1. The summed E-state index contributed by atoms with van der Waals surface area (Å²) >= 11 is 1.37. The lowest BCUT2D eigenvalue weighted by Gasteiger charge is -2.35. The molecule has 4 rings (SSSR count). The fourth-order valence-corrected chi connectivity index (χ4v) is 4.25. The molecule has 2 aromatic heterocycles. The molecule has 10 heteroatoms. The van der Waals surface area contributed by atoms with Crippen LogP contribution in [0.5, 0.6) is 0 Å². The van der Waals surface area contributed by atoms with Crippen molar-refractivity contribution in [3.8, 4) is 5.69 Å². The lowest BCUT2D eigenvalue weighted by molar-refractivity contribution is -0.130. The standard InChI is InChI=1S/C22H26N6O3S/c1-22(2,3)31-21(30)27-11-9-26(10-12-27)18(29)14-32-20-17-13-25-28(19(17)23-15-24-20)16-7-5-4-6-8-16/h4-8,13,15H,9-12,14H2,1-3H3. The molecule has 2 amide bonds. The number of aromatic nitrogens is 4. The number of amides is 2. The Balaban J connectivity index is 1.36. The van der Waals surface area contributed by atoms with Crippen molar-refractivity contribution < 1.29 is 14.3 Å². The van der Waals surface area contributed by atoms with E-state index in [4.69, 9.17) is 4.74 Å². The van der Waals surface area contributed by atoms with Crippen molar-refractivity contribution in [2.24, 2.45) is 0 Å². The summed E-state index contributed by atoms with van der Waals surface area (Å²) in [6.45, 7) is 7.44. The maximum absolute atomic E-state index is 12.7. The molecular formula is C22H26N6O3S. The van der Waals surface area contributed by atoms with E-state index in [1.165, 1.54) is 18.1 Å². The van der Waals surface area contributed by atoms with Gasteiger partial charge in [-0.1, -0.05) is 30.0 Å². The number of nitrogens with zero attached hydrogens (tertiary/aromatic N) is 6. The first kappa shape index (κ1) is 22.1. The van der Waals surface area contributed by atoms with Gasteiger partial charge >= 0.3 is 6.09 Å². The van der Waals surface area contributed by atoms with Gasteiger partial charge in [0.1, 0.15) is 17.0 Å². The van der Waals surface area contributed by atoms with Gasteiger partial charge in [0.05, 0.1) is 23.0 Å². The van der Waals surface area contributed by atoms with Gasteiger partial charge in [0.15, 0.2) is 5.65 Å². The Hall–Kier alpha value is -3.14. The first-order valence-electron chi connectivity index (χ1n) is 10.4. The second-order valence-electron chi connectivity index (χ2n) is 8.44. The molecule has 3 heterocycles. The van der Waals surface area contributed by atoms with Crippen LogP contribution in [-0.4, -0.2) is 79.1 Å². The number of ether oxygens (including phenoxy) is 1. The highest BCUT2D eigenvalue weighted by Crippen LogP contribution is 2.26. The Morgan fingerprint density at radius 1 is 1.03 bits per heavy atom. The Labute approximate surface area is 190 Å². The summed E-state index contributed by atoms with van der Waals surface area (Å²) in [6, 6.07) is 9.76. The van der Waals surface area contributed by atoms with Gasteiger partial charge in [-0.15, -0.1) is 0 Å². The lowest BCUT2D eigenvalue weighted by Crippen LogP contribution is -2.52. The molecule has 168 valence electrons. The Kier molecular flexibility index (Phi) is 6.31. The minimum Gasteiger partial charge on any atom is -0.444 e. The number of para-hydroxylation sites is 1. The number of thioether (sulfide) groups is 1. The van der Waals surface area contributed by atoms with Crippen LogP contribution in [0.1, 0.15) is 20.8 Å². The van der Waals surface area contributed by atoms with Crippen LogP contribution in [0.25, 0.3) is 16.7 Å². The zero-order valence-corrected chi connectivity index (χ0v) is 19.2. The van der Waals surface area contributed by atoms with Crippen LogP contribution in [-0.2, 0) is 9.53 Å². The minimum absolute atomic E-state index is 0.0149. The second kappa shape index (κ2) is 9.15. The maximum Gasteiger partial charge on any atom is 0.410 e. The van der Waals surface area contributed by atoms with Crippen LogP contribution >= 0.6 is 11.8 Å². The third-order valence-corrected chi connectivity index (χ3v) is 5.94. The number of benzene rings is 1. The summed E-state index contributed by atoms with van der Waals surface area (Å²) in [7, 11) is 0. The van der Waals surface area contributed by atoms with Crippen molar-refractivity contribution in [1.29, 1.82) is 0 Å². The summed E-state index contributed by atoms with van der Waals surface area (Å²) in [4.78, 5) is 37.1. The molecular weight excluding hydrogens is 428 g/mol. The van der Waals surface area contributed by atoms with Crippen molar-refractivity contribution in [3.63, 3.8) is 0 Å². The molecule has 1 saturated heterocycles. The summed E-state index contributed by atoms with van der Waals surface area (Å²) < 4.78 is 7.17. The van der Waals surface area contributed by atoms with E-state index in [9.17, 15) is 9.59 Å². The molecule has 9 nitrogen and oxygen atoms in total. The molecule has 1 aliphatic heterocycles. The van der Waals surface area contributed by atoms with E-state index in [2.05, 4.69) is 15.1 Å². The highest BCUT2D eigenvalue weighted by molar-refractivity contribution is 8.00. The minimum atomic E-state index is -0.530. The number of carbonyl (C=O) groups is 2. The van der Waals surface area contributed by atoms with Crippen molar-refractivity contribution >= 4 is 34.8 Å². The molecule has 0 spiro atoms. The van der Waals surface area contributed by atoms with Gasteiger partial charge in [-0.05, 0) is 32.9 Å². The number of piperazine rings is 1. The molecule has 0 atom stereocenters. The first-order chi connectivity index (χ1) is 15.3. The third kappa shape index (κ3) is 5.01. The molecule has 3 aromatic rings. The molecule has 0 N–H and O–H groups in total. The number of rotatable bonds is 4. The van der Waals surface area contributed by atoms with Crippen LogP contribution in [0, 0.1) is 0 Å². The van der Waals surface area contributed by atoms with E-state index in [1.807, 2.05) is 51.1 Å². The average molecular weight is 455 g/mol. The molecule has 0 aliphatic carbocycles. The number of carbonyl (C=O) groups excluding carboxylic acids is 2. The van der Waals surface area contributed by atoms with Gasteiger partial charge < -0.3 is 14.5 Å². The Bertz CT molecular complexity index is 1100. The molecule has 32 heavy (non-hydrogen) atoms. The Morgan fingerprint density at radius 3 is 2.41 bits per heavy atom. The van der Waals surface area contributed by atoms with E-state index in [-0.39, 0.29) is 17.8 Å². The predicted octanol–water partition coefficient (Wildman–Crippen LogP) is 2.99. The first-order valence-corrected chi connectivity index (χ1v) is 11.4. The van der Waals surface area contributed by atoms with Gasteiger partial charge in [0.2, 0.25) is 5.91 Å². The third-order valence-electron chi connectivity index (χ3n) is 4.95. The topological polar surface area (TPSA) is 93.4 Å². The van der Waals surface area contributed by atoms with E-state index >= 15 is 0 Å². The second-order valence-corrected chi connectivity index (χ2v) is 9.41. The maximum atomic E-state index is 12.7. The van der Waals surface area contributed by atoms with Gasteiger partial charge in [0, 0.05) is 26.2 Å². The lowest BCUT2D eigenvalue weighted by atomic mass is 10.2. The van der Waals surface area contributed by atoms with Crippen LogP contribution in [0.4, 0.5) is 4.79 Å². The van der Waals surface area contributed by atoms with Gasteiger partial charge in [-0.25, -0.2) is 19.4 Å². The molecule has 0 saturated carbocycles. The molecule has 1 aromatic carbocycles. The smallest absolute Gasteiger partial charge is 0.410 e. The largest absolute Gasteiger partial charge is 0.444 e. The molecule has 0 bridgehead atoms. The molecule has 1 aliphatic rings.